The number of anilines is 1. The van der Waals surface area contributed by atoms with Crippen LogP contribution in [-0.4, -0.2) is 42.8 Å². The Morgan fingerprint density at radius 2 is 2.53 bits per heavy atom. The molecule has 0 aliphatic carbocycles. The number of aromatic nitrogens is 2. The van der Waals surface area contributed by atoms with Gasteiger partial charge in [0.15, 0.2) is 5.82 Å². The van der Waals surface area contributed by atoms with Crippen LogP contribution >= 0.6 is 0 Å². The van der Waals surface area contributed by atoms with Gasteiger partial charge in [0.2, 0.25) is 0 Å². The van der Waals surface area contributed by atoms with Crippen molar-refractivity contribution in [1.29, 1.82) is 5.41 Å². The first kappa shape index (κ1) is 11.8. The Hall–Kier alpha value is -1.69. The van der Waals surface area contributed by atoms with Crippen molar-refractivity contribution in [3.05, 3.63) is 17.8 Å². The number of rotatable bonds is 4. The molecule has 1 atom stereocenters. The zero-order chi connectivity index (χ0) is 12.3. The quantitative estimate of drug-likeness (QED) is 0.576. The van der Waals surface area contributed by atoms with Crippen molar-refractivity contribution < 1.29 is 4.74 Å². The van der Waals surface area contributed by atoms with Crippen molar-refractivity contribution in [2.45, 2.75) is 6.42 Å². The van der Waals surface area contributed by atoms with Gasteiger partial charge in [0.25, 0.3) is 0 Å². The van der Waals surface area contributed by atoms with E-state index in [0.717, 1.165) is 26.1 Å². The molecule has 0 radical (unpaired) electrons. The molecule has 6 nitrogen and oxygen atoms in total. The first-order valence-corrected chi connectivity index (χ1v) is 5.62. The van der Waals surface area contributed by atoms with Gasteiger partial charge in [0, 0.05) is 26.1 Å². The van der Waals surface area contributed by atoms with E-state index in [2.05, 4.69) is 15.1 Å². The maximum absolute atomic E-state index is 7.53. The lowest BCUT2D eigenvalue weighted by atomic mass is 10.1. The number of amidine groups is 1. The second kappa shape index (κ2) is 5.09. The predicted molar refractivity (Wildman–Crippen MR) is 65.2 cm³/mol. The number of hydrogen-bond donors (Lipinski definition) is 2. The molecule has 1 aliphatic heterocycles. The molecule has 3 N–H and O–H groups in total. The second-order valence-electron chi connectivity index (χ2n) is 4.24. The maximum atomic E-state index is 7.53. The van der Waals surface area contributed by atoms with Crippen LogP contribution in [0.5, 0.6) is 0 Å². The van der Waals surface area contributed by atoms with Crippen LogP contribution in [-0.2, 0) is 4.74 Å². The van der Waals surface area contributed by atoms with Gasteiger partial charge >= 0.3 is 0 Å². The van der Waals surface area contributed by atoms with Crippen molar-refractivity contribution >= 4 is 11.7 Å². The summed E-state index contributed by atoms with van der Waals surface area (Å²) in [5.74, 6) is 1.26. The molecule has 1 fully saturated rings. The van der Waals surface area contributed by atoms with Crippen molar-refractivity contribution in [3.8, 4) is 0 Å². The summed E-state index contributed by atoms with van der Waals surface area (Å²) in [5.41, 5.74) is 6.19. The molecule has 0 aromatic carbocycles. The number of ether oxygens (including phenoxy) is 1. The Bertz CT molecular complexity index is 409. The molecule has 0 amide bonds. The first-order chi connectivity index (χ1) is 8.22. The highest BCUT2D eigenvalue weighted by atomic mass is 16.5. The summed E-state index contributed by atoms with van der Waals surface area (Å²) in [5, 5.41) is 15.5. The van der Waals surface area contributed by atoms with Gasteiger partial charge in [-0.05, 0) is 12.5 Å². The topological polar surface area (TPSA) is 88.1 Å². The molecule has 1 aliphatic rings. The van der Waals surface area contributed by atoms with Crippen molar-refractivity contribution in [2.75, 3.05) is 31.7 Å². The molecule has 1 aromatic rings. The maximum Gasteiger partial charge on any atom is 0.162 e. The lowest BCUT2D eigenvalue weighted by Gasteiger charge is -2.19. The summed E-state index contributed by atoms with van der Waals surface area (Å²) in [7, 11) is 1.71. The lowest BCUT2D eigenvalue weighted by molar-refractivity contribution is 0.161. The second-order valence-corrected chi connectivity index (χ2v) is 4.24. The van der Waals surface area contributed by atoms with Crippen LogP contribution in [0, 0.1) is 11.3 Å². The monoisotopic (exact) mass is 235 g/mol. The molecule has 17 heavy (non-hydrogen) atoms. The average Bonchev–Trinajstić information content (AvgIpc) is 2.78. The van der Waals surface area contributed by atoms with Crippen molar-refractivity contribution in [3.63, 3.8) is 0 Å². The van der Waals surface area contributed by atoms with Gasteiger partial charge in [-0.2, -0.15) is 5.10 Å². The largest absolute Gasteiger partial charge is 0.384 e. The number of nitrogens with two attached hydrogens (primary N) is 1. The highest BCUT2D eigenvalue weighted by molar-refractivity contribution is 5.99. The van der Waals surface area contributed by atoms with Crippen LogP contribution in [0.15, 0.2) is 12.3 Å². The molecule has 1 aromatic heterocycles. The normalized spacial score (nSPS) is 19.6. The van der Waals surface area contributed by atoms with Crippen LogP contribution in [0.2, 0.25) is 0 Å². The molecule has 0 bridgehead atoms. The molecule has 1 unspecified atom stereocenters. The molecule has 2 heterocycles. The smallest absolute Gasteiger partial charge is 0.162 e. The van der Waals surface area contributed by atoms with E-state index >= 15 is 0 Å². The van der Waals surface area contributed by atoms with Crippen LogP contribution in [0.1, 0.15) is 12.0 Å². The molecule has 2 rings (SSSR count). The van der Waals surface area contributed by atoms with E-state index in [1.165, 1.54) is 0 Å². The number of nitrogen functional groups attached to an aromatic ring is 1. The molecular weight excluding hydrogens is 218 g/mol. The van der Waals surface area contributed by atoms with Crippen LogP contribution in [0.3, 0.4) is 0 Å². The number of methoxy groups -OCH3 is 1. The number of nitrogens with one attached hydrogen (secondary N) is 1. The minimum Gasteiger partial charge on any atom is -0.384 e. The van der Waals surface area contributed by atoms with E-state index in [4.69, 9.17) is 15.9 Å². The zero-order valence-corrected chi connectivity index (χ0v) is 9.89. The van der Waals surface area contributed by atoms with Gasteiger partial charge in [0.05, 0.1) is 18.4 Å². The van der Waals surface area contributed by atoms with E-state index < -0.39 is 0 Å². The summed E-state index contributed by atoms with van der Waals surface area (Å²) < 4.78 is 5.16. The highest BCUT2D eigenvalue weighted by Gasteiger charge is 2.25. The summed E-state index contributed by atoms with van der Waals surface area (Å²) in [4.78, 5) is 2.12. The molecule has 92 valence electrons. The van der Waals surface area contributed by atoms with E-state index in [0.29, 0.717) is 17.3 Å². The fourth-order valence-corrected chi connectivity index (χ4v) is 2.16. The molecule has 1 saturated heterocycles. The Kier molecular flexibility index (Phi) is 3.53. The van der Waals surface area contributed by atoms with Gasteiger partial charge in [-0.3, -0.25) is 5.41 Å². The Balaban J connectivity index is 2.16. The lowest BCUT2D eigenvalue weighted by Crippen LogP contribution is -2.26. The summed E-state index contributed by atoms with van der Waals surface area (Å²) in [6.45, 7) is 2.55. The van der Waals surface area contributed by atoms with Gasteiger partial charge in [-0.15, -0.1) is 5.10 Å². The zero-order valence-electron chi connectivity index (χ0n) is 9.89. The fraction of sp³-hybridized carbons (Fsp3) is 0.545. The molecule has 0 saturated carbocycles. The summed E-state index contributed by atoms with van der Waals surface area (Å²) in [6.07, 6.45) is 2.63. The summed E-state index contributed by atoms with van der Waals surface area (Å²) in [6, 6.07) is 1.73. The average molecular weight is 235 g/mol. The van der Waals surface area contributed by atoms with Crippen molar-refractivity contribution in [1.82, 2.24) is 10.2 Å². The van der Waals surface area contributed by atoms with Crippen LogP contribution in [0.4, 0.5) is 5.82 Å². The van der Waals surface area contributed by atoms with Crippen LogP contribution in [0.25, 0.3) is 0 Å². The minimum atomic E-state index is 0.0325. The SMILES string of the molecule is COCC1CCN(c2nnccc2C(=N)N)C1. The first-order valence-electron chi connectivity index (χ1n) is 5.62. The Morgan fingerprint density at radius 3 is 3.24 bits per heavy atom. The minimum absolute atomic E-state index is 0.0325. The molecule has 6 heteroatoms. The van der Waals surface area contributed by atoms with Gasteiger partial charge < -0.3 is 15.4 Å². The predicted octanol–water partition coefficient (Wildman–Crippen LogP) is 0.233. The van der Waals surface area contributed by atoms with Crippen molar-refractivity contribution in [2.24, 2.45) is 11.7 Å². The standard InChI is InChI=1S/C11H17N5O/c1-17-7-8-3-5-16(6-8)11-9(10(12)13)2-4-14-15-11/h2,4,8H,3,5-7H2,1H3,(H3,12,13). The summed E-state index contributed by atoms with van der Waals surface area (Å²) >= 11 is 0. The third-order valence-corrected chi connectivity index (χ3v) is 2.98. The molecular formula is C11H17N5O. The van der Waals surface area contributed by atoms with E-state index in [-0.39, 0.29) is 5.84 Å². The third-order valence-electron chi connectivity index (χ3n) is 2.98. The fourth-order valence-electron chi connectivity index (χ4n) is 2.16. The van der Waals surface area contributed by atoms with Crippen LogP contribution < -0.4 is 10.6 Å². The van der Waals surface area contributed by atoms with E-state index in [1.54, 1.807) is 19.4 Å². The van der Waals surface area contributed by atoms with Gasteiger partial charge in [0.1, 0.15) is 5.84 Å². The molecule has 0 spiro atoms. The Labute approximate surface area is 100 Å². The van der Waals surface area contributed by atoms with Gasteiger partial charge in [-0.25, -0.2) is 0 Å². The van der Waals surface area contributed by atoms with Gasteiger partial charge in [-0.1, -0.05) is 0 Å². The Morgan fingerprint density at radius 1 is 1.71 bits per heavy atom. The number of hydrogen-bond acceptors (Lipinski definition) is 5. The van der Waals surface area contributed by atoms with E-state index in [1.807, 2.05) is 0 Å². The highest BCUT2D eigenvalue weighted by Crippen LogP contribution is 2.24. The van der Waals surface area contributed by atoms with E-state index in [9.17, 15) is 0 Å². The third kappa shape index (κ3) is 2.52. The number of nitrogens with zero attached hydrogens (tertiary/aromatic N) is 3.